The average Bonchev–Trinajstić information content (AvgIpc) is 3.33. The quantitative estimate of drug-likeness (QED) is 0.896. The molecule has 1 amide bonds. The molecule has 2 heterocycles. The summed E-state index contributed by atoms with van der Waals surface area (Å²) in [5, 5.41) is 7.45. The van der Waals surface area contributed by atoms with E-state index < -0.39 is 0 Å². The first kappa shape index (κ1) is 16.9. The fraction of sp³-hybridized carbons (Fsp3) is 0.500. The molecule has 26 heavy (non-hydrogen) atoms. The van der Waals surface area contributed by atoms with Crippen LogP contribution in [0.15, 0.2) is 30.6 Å². The van der Waals surface area contributed by atoms with E-state index in [0.717, 1.165) is 29.0 Å². The Morgan fingerprint density at radius 1 is 1.27 bits per heavy atom. The fourth-order valence-electron chi connectivity index (χ4n) is 3.63. The summed E-state index contributed by atoms with van der Waals surface area (Å²) in [7, 11) is 1.90. The Morgan fingerprint density at radius 3 is 2.73 bits per heavy atom. The molecule has 0 bridgehead atoms. The highest BCUT2D eigenvalue weighted by molar-refractivity contribution is 5.83. The number of nitrogens with zero attached hydrogens (tertiary/aromatic N) is 2. The van der Waals surface area contributed by atoms with E-state index in [2.05, 4.69) is 24.3 Å². The molecule has 1 aromatic heterocycles. The summed E-state index contributed by atoms with van der Waals surface area (Å²) < 4.78 is 13.1. The van der Waals surface area contributed by atoms with Crippen molar-refractivity contribution in [3.63, 3.8) is 0 Å². The summed E-state index contributed by atoms with van der Waals surface area (Å²) in [6, 6.07) is 5.89. The van der Waals surface area contributed by atoms with Crippen LogP contribution >= 0.6 is 0 Å². The molecule has 0 saturated heterocycles. The number of fused-ring (bicyclic) bond motifs is 1. The van der Waals surface area contributed by atoms with Gasteiger partial charge in [-0.3, -0.25) is 9.48 Å². The zero-order valence-corrected chi connectivity index (χ0v) is 15.4. The lowest BCUT2D eigenvalue weighted by atomic mass is 9.95. The Morgan fingerprint density at radius 2 is 2.04 bits per heavy atom. The first-order valence-corrected chi connectivity index (χ1v) is 9.21. The molecule has 1 fully saturated rings. The van der Waals surface area contributed by atoms with Gasteiger partial charge in [-0.25, -0.2) is 0 Å². The van der Waals surface area contributed by atoms with Crippen molar-refractivity contribution in [2.75, 3.05) is 13.2 Å². The molecule has 0 unspecified atom stereocenters. The molecule has 4 rings (SSSR count). The summed E-state index contributed by atoms with van der Waals surface area (Å²) in [4.78, 5) is 12.8. The molecule has 1 aliphatic heterocycles. The first-order valence-electron chi connectivity index (χ1n) is 9.21. The van der Waals surface area contributed by atoms with Crippen molar-refractivity contribution in [3.8, 4) is 11.5 Å². The van der Waals surface area contributed by atoms with Crippen LogP contribution < -0.4 is 14.8 Å². The third-order valence-corrected chi connectivity index (χ3v) is 5.17. The molecule has 6 nitrogen and oxygen atoms in total. The summed E-state index contributed by atoms with van der Waals surface area (Å²) >= 11 is 0. The molecule has 0 spiro atoms. The van der Waals surface area contributed by atoms with E-state index in [4.69, 9.17) is 9.47 Å². The fourth-order valence-corrected chi connectivity index (χ4v) is 3.63. The molecule has 1 aromatic carbocycles. The predicted octanol–water partition coefficient (Wildman–Crippen LogP) is 2.81. The Kier molecular flexibility index (Phi) is 4.34. The van der Waals surface area contributed by atoms with Gasteiger partial charge in [0, 0.05) is 19.2 Å². The van der Waals surface area contributed by atoms with E-state index >= 15 is 0 Å². The lowest BCUT2D eigenvalue weighted by Crippen LogP contribution is -2.33. The van der Waals surface area contributed by atoms with E-state index in [1.165, 1.54) is 0 Å². The first-order chi connectivity index (χ1) is 12.5. The number of carbonyl (C=O) groups is 1. The summed E-state index contributed by atoms with van der Waals surface area (Å²) in [6.45, 7) is 5.37. The van der Waals surface area contributed by atoms with Crippen LogP contribution in [0.5, 0.6) is 11.5 Å². The molecule has 6 heteroatoms. The Bertz CT molecular complexity index is 814. The third-order valence-electron chi connectivity index (χ3n) is 5.17. The van der Waals surface area contributed by atoms with Crippen molar-refractivity contribution in [1.82, 2.24) is 15.1 Å². The minimum absolute atomic E-state index is 0.0395. The van der Waals surface area contributed by atoms with Gasteiger partial charge < -0.3 is 14.8 Å². The molecular formula is C20H25N3O3. The SMILES string of the molecule is CC(C)[C@H](NC(=O)[C@H]1C[C@H]1c1cnn(C)c1)c1ccc2c(c1)OCCO2. The summed E-state index contributed by atoms with van der Waals surface area (Å²) in [6.07, 6.45) is 4.75. The second-order valence-corrected chi connectivity index (χ2v) is 7.53. The number of nitrogens with one attached hydrogen (secondary N) is 1. The zero-order chi connectivity index (χ0) is 18.3. The van der Waals surface area contributed by atoms with E-state index in [1.807, 2.05) is 37.6 Å². The van der Waals surface area contributed by atoms with Gasteiger partial charge in [-0.15, -0.1) is 0 Å². The molecule has 3 atom stereocenters. The van der Waals surface area contributed by atoms with Crippen molar-refractivity contribution in [2.24, 2.45) is 18.9 Å². The number of hydrogen-bond donors (Lipinski definition) is 1. The monoisotopic (exact) mass is 355 g/mol. The lowest BCUT2D eigenvalue weighted by Gasteiger charge is -2.25. The molecule has 2 aromatic rings. The van der Waals surface area contributed by atoms with Gasteiger partial charge in [0.2, 0.25) is 5.91 Å². The van der Waals surface area contributed by atoms with E-state index in [0.29, 0.717) is 13.2 Å². The Labute approximate surface area is 153 Å². The van der Waals surface area contributed by atoms with Crippen LogP contribution in [0.4, 0.5) is 0 Å². The van der Waals surface area contributed by atoms with Crippen LogP contribution in [0, 0.1) is 11.8 Å². The maximum Gasteiger partial charge on any atom is 0.224 e. The average molecular weight is 355 g/mol. The highest BCUT2D eigenvalue weighted by Crippen LogP contribution is 2.48. The van der Waals surface area contributed by atoms with Gasteiger partial charge in [-0.05, 0) is 41.5 Å². The smallest absolute Gasteiger partial charge is 0.224 e. The van der Waals surface area contributed by atoms with Crippen molar-refractivity contribution in [3.05, 3.63) is 41.7 Å². The molecule has 2 aliphatic rings. The number of hydrogen-bond acceptors (Lipinski definition) is 4. The molecule has 1 aliphatic carbocycles. The number of amides is 1. The van der Waals surface area contributed by atoms with Crippen molar-refractivity contribution >= 4 is 5.91 Å². The minimum atomic E-state index is -0.0477. The summed E-state index contributed by atoms with van der Waals surface area (Å²) in [5.41, 5.74) is 2.20. The molecule has 0 radical (unpaired) electrons. The van der Waals surface area contributed by atoms with Gasteiger partial charge in [0.15, 0.2) is 11.5 Å². The maximum atomic E-state index is 12.8. The second kappa shape index (κ2) is 6.67. The van der Waals surface area contributed by atoms with Crippen LogP contribution in [-0.2, 0) is 11.8 Å². The standard InChI is InChI=1S/C20H25N3O3/c1-12(2)19(13-4-5-17-18(8-13)26-7-6-25-17)22-20(24)16-9-15(16)14-10-21-23(3)11-14/h4-5,8,10-12,15-16,19H,6-7,9H2,1-3H3,(H,22,24)/t15-,16-,19-/m0/s1. The molecular weight excluding hydrogens is 330 g/mol. The zero-order valence-electron chi connectivity index (χ0n) is 15.4. The van der Waals surface area contributed by atoms with Gasteiger partial charge in [0.25, 0.3) is 0 Å². The molecule has 1 saturated carbocycles. The van der Waals surface area contributed by atoms with Gasteiger partial charge in [-0.1, -0.05) is 19.9 Å². The number of rotatable bonds is 5. The highest BCUT2D eigenvalue weighted by Gasteiger charge is 2.45. The Balaban J connectivity index is 1.47. The summed E-state index contributed by atoms with van der Waals surface area (Å²) in [5.74, 6) is 2.25. The topological polar surface area (TPSA) is 65.4 Å². The van der Waals surface area contributed by atoms with Crippen molar-refractivity contribution < 1.29 is 14.3 Å². The van der Waals surface area contributed by atoms with Crippen LogP contribution in [0.1, 0.15) is 43.4 Å². The maximum absolute atomic E-state index is 12.8. The van der Waals surface area contributed by atoms with E-state index in [9.17, 15) is 4.79 Å². The van der Waals surface area contributed by atoms with Crippen LogP contribution in [-0.4, -0.2) is 28.9 Å². The van der Waals surface area contributed by atoms with Gasteiger partial charge >= 0.3 is 0 Å². The van der Waals surface area contributed by atoms with Crippen molar-refractivity contribution in [2.45, 2.75) is 32.2 Å². The van der Waals surface area contributed by atoms with Gasteiger partial charge in [0.1, 0.15) is 13.2 Å². The largest absolute Gasteiger partial charge is 0.486 e. The second-order valence-electron chi connectivity index (χ2n) is 7.53. The number of carbonyl (C=O) groups excluding carboxylic acids is 1. The third kappa shape index (κ3) is 3.28. The number of ether oxygens (including phenoxy) is 2. The van der Waals surface area contributed by atoms with Gasteiger partial charge in [0.05, 0.1) is 12.2 Å². The molecule has 1 N–H and O–H groups in total. The van der Waals surface area contributed by atoms with Crippen LogP contribution in [0.3, 0.4) is 0 Å². The normalized spacial score (nSPS) is 22.2. The highest BCUT2D eigenvalue weighted by atomic mass is 16.6. The number of benzene rings is 1. The minimum Gasteiger partial charge on any atom is -0.486 e. The predicted molar refractivity (Wildman–Crippen MR) is 97.2 cm³/mol. The lowest BCUT2D eigenvalue weighted by molar-refractivity contribution is -0.123. The van der Waals surface area contributed by atoms with Gasteiger partial charge in [-0.2, -0.15) is 5.10 Å². The van der Waals surface area contributed by atoms with Crippen molar-refractivity contribution in [1.29, 1.82) is 0 Å². The number of aromatic nitrogens is 2. The van der Waals surface area contributed by atoms with Crippen LogP contribution in [0.25, 0.3) is 0 Å². The molecule has 138 valence electrons. The van der Waals surface area contributed by atoms with E-state index in [1.54, 1.807) is 4.68 Å². The number of aryl methyl sites for hydroxylation is 1. The Hall–Kier alpha value is -2.50. The van der Waals surface area contributed by atoms with E-state index in [-0.39, 0.29) is 29.7 Å². The van der Waals surface area contributed by atoms with Crippen LogP contribution in [0.2, 0.25) is 0 Å².